The third-order valence-corrected chi connectivity index (χ3v) is 1.20. The van der Waals surface area contributed by atoms with Crippen LogP contribution in [0.5, 0.6) is 0 Å². The van der Waals surface area contributed by atoms with Crippen molar-refractivity contribution in [2.45, 2.75) is 0 Å². The van der Waals surface area contributed by atoms with Gasteiger partial charge in [-0.1, -0.05) is 0 Å². The van der Waals surface area contributed by atoms with Crippen molar-refractivity contribution < 1.29 is 37.3 Å². The highest BCUT2D eigenvalue weighted by molar-refractivity contribution is 4.10. The zero-order valence-electron chi connectivity index (χ0n) is 5.44. The Morgan fingerprint density at radius 1 is 0.700 bits per heavy atom. The fraction of sp³-hybridized carbons (Fsp3) is 1.00. The molecule has 0 fully saturated rings. The van der Waals surface area contributed by atoms with Crippen LogP contribution >= 0.6 is 0 Å². The van der Waals surface area contributed by atoms with Gasteiger partial charge in [0.2, 0.25) is 0 Å². The summed E-state index contributed by atoms with van der Waals surface area (Å²) in [5.41, 5.74) is 0. The van der Waals surface area contributed by atoms with Crippen molar-refractivity contribution >= 4 is 0 Å². The Morgan fingerprint density at radius 2 is 0.900 bits per heavy atom. The van der Waals surface area contributed by atoms with Crippen LogP contribution in [0.4, 0.5) is 0 Å². The van der Waals surface area contributed by atoms with Crippen molar-refractivity contribution in [3.8, 4) is 0 Å². The van der Waals surface area contributed by atoms with Gasteiger partial charge in [-0.15, -0.1) is 0 Å². The van der Waals surface area contributed by atoms with Crippen LogP contribution in [0.3, 0.4) is 0 Å². The Kier molecular flexibility index (Phi) is 7.44. The molecule has 6 heteroatoms. The SMILES string of the molecule is OC[N+](CO)(CO)CO.[Cl-]. The van der Waals surface area contributed by atoms with Crippen molar-refractivity contribution in [2.75, 3.05) is 26.9 Å². The summed E-state index contributed by atoms with van der Waals surface area (Å²) in [6, 6.07) is 0. The first kappa shape index (κ1) is 12.7. The van der Waals surface area contributed by atoms with Gasteiger partial charge in [0.05, 0.1) is 0 Å². The van der Waals surface area contributed by atoms with Gasteiger partial charge in [-0.25, -0.2) is 4.48 Å². The third-order valence-electron chi connectivity index (χ3n) is 1.20. The predicted octanol–water partition coefficient (Wildman–Crippen LogP) is -5.39. The van der Waals surface area contributed by atoms with Gasteiger partial charge in [0.1, 0.15) is 0 Å². The molecule has 0 aliphatic carbocycles. The maximum absolute atomic E-state index is 8.47. The lowest BCUT2D eigenvalue weighted by Crippen LogP contribution is -3.00. The van der Waals surface area contributed by atoms with Crippen molar-refractivity contribution in [1.29, 1.82) is 0 Å². The summed E-state index contributed by atoms with van der Waals surface area (Å²) in [5, 5.41) is 33.9. The molecule has 0 aliphatic rings. The maximum Gasteiger partial charge on any atom is 0.185 e. The van der Waals surface area contributed by atoms with Crippen LogP contribution in [0.15, 0.2) is 0 Å². The lowest BCUT2D eigenvalue weighted by molar-refractivity contribution is -0.991. The topological polar surface area (TPSA) is 80.9 Å². The highest BCUT2D eigenvalue weighted by Gasteiger charge is 2.22. The molecule has 0 amide bonds. The van der Waals surface area contributed by atoms with E-state index in [9.17, 15) is 0 Å². The van der Waals surface area contributed by atoms with Crippen LogP contribution in [-0.4, -0.2) is 51.8 Å². The number of aliphatic hydroxyl groups excluding tert-OH is 4. The number of quaternary nitrogens is 1. The highest BCUT2D eigenvalue weighted by atomic mass is 35.5. The minimum absolute atomic E-state index is 0. The number of hydrogen-bond acceptors (Lipinski definition) is 4. The van der Waals surface area contributed by atoms with Crippen molar-refractivity contribution in [3.63, 3.8) is 0 Å². The zero-order valence-corrected chi connectivity index (χ0v) is 6.20. The second-order valence-electron chi connectivity index (χ2n) is 1.91. The summed E-state index contributed by atoms with van der Waals surface area (Å²) in [7, 11) is 0. The summed E-state index contributed by atoms with van der Waals surface area (Å²) in [6.07, 6.45) is 0. The molecular formula is C4H12ClNO4. The first-order chi connectivity index (χ1) is 4.24. The lowest BCUT2D eigenvalue weighted by Gasteiger charge is -2.28. The number of hydrogen-bond donors (Lipinski definition) is 4. The molecule has 0 radical (unpaired) electrons. The summed E-state index contributed by atoms with van der Waals surface area (Å²) in [5.74, 6) is 0. The van der Waals surface area contributed by atoms with Crippen LogP contribution < -0.4 is 12.4 Å². The minimum Gasteiger partial charge on any atom is -1.00 e. The molecule has 10 heavy (non-hydrogen) atoms. The van der Waals surface area contributed by atoms with Gasteiger partial charge in [0, 0.05) is 0 Å². The standard InChI is InChI=1S/C4H12NO4.ClH/c6-1-5(2-7,3-8)4-9;/h6-9H,1-4H2;1H/q+1;/p-1. The van der Waals surface area contributed by atoms with E-state index in [1.54, 1.807) is 0 Å². The Balaban J connectivity index is 0. The van der Waals surface area contributed by atoms with Gasteiger partial charge in [-0.05, 0) is 0 Å². The Morgan fingerprint density at radius 3 is 0.900 bits per heavy atom. The van der Waals surface area contributed by atoms with Gasteiger partial charge >= 0.3 is 0 Å². The zero-order chi connectivity index (χ0) is 7.33. The van der Waals surface area contributed by atoms with E-state index in [-0.39, 0.29) is 12.4 Å². The summed E-state index contributed by atoms with van der Waals surface area (Å²) in [4.78, 5) is 0. The van der Waals surface area contributed by atoms with Crippen LogP contribution in [0, 0.1) is 0 Å². The van der Waals surface area contributed by atoms with E-state index in [0.29, 0.717) is 0 Å². The normalized spacial score (nSPS) is 10.8. The minimum atomic E-state index is -0.500. The molecule has 0 spiro atoms. The molecule has 0 aromatic rings. The van der Waals surface area contributed by atoms with Crippen LogP contribution in [0.2, 0.25) is 0 Å². The average molecular weight is 174 g/mol. The van der Waals surface area contributed by atoms with E-state index in [4.69, 9.17) is 20.4 Å². The van der Waals surface area contributed by atoms with E-state index in [2.05, 4.69) is 0 Å². The van der Waals surface area contributed by atoms with Crippen molar-refractivity contribution in [1.82, 2.24) is 0 Å². The molecule has 0 heterocycles. The fourth-order valence-electron chi connectivity index (χ4n) is 0.268. The molecule has 0 rings (SSSR count). The largest absolute Gasteiger partial charge is 1.00 e. The van der Waals surface area contributed by atoms with Gasteiger partial charge in [-0.2, -0.15) is 0 Å². The maximum atomic E-state index is 8.47. The van der Waals surface area contributed by atoms with Crippen LogP contribution in [-0.2, 0) is 0 Å². The molecule has 0 saturated carbocycles. The third kappa shape index (κ3) is 2.78. The second-order valence-corrected chi connectivity index (χ2v) is 1.91. The van der Waals surface area contributed by atoms with E-state index >= 15 is 0 Å². The van der Waals surface area contributed by atoms with Crippen LogP contribution in [0.1, 0.15) is 0 Å². The van der Waals surface area contributed by atoms with E-state index in [1.807, 2.05) is 0 Å². The lowest BCUT2D eigenvalue weighted by atomic mass is 10.6. The number of aliphatic hydroxyl groups is 4. The van der Waals surface area contributed by atoms with Crippen molar-refractivity contribution in [2.24, 2.45) is 0 Å². The number of halogens is 1. The fourth-order valence-corrected chi connectivity index (χ4v) is 0.268. The molecule has 4 N–H and O–H groups in total. The second kappa shape index (κ2) is 5.84. The molecule has 5 nitrogen and oxygen atoms in total. The quantitative estimate of drug-likeness (QED) is 0.253. The molecule has 0 saturated heterocycles. The molecule has 0 bridgehead atoms. The Labute approximate surface area is 65.1 Å². The first-order valence-electron chi connectivity index (χ1n) is 2.53. The predicted molar refractivity (Wildman–Crippen MR) is 28.6 cm³/mol. The van der Waals surface area contributed by atoms with E-state index < -0.39 is 31.4 Å². The smallest absolute Gasteiger partial charge is 0.185 e. The van der Waals surface area contributed by atoms with Crippen LogP contribution in [0.25, 0.3) is 0 Å². The molecule has 64 valence electrons. The Bertz CT molecular complexity index is 60.1. The molecule has 0 aliphatic heterocycles. The first-order valence-corrected chi connectivity index (χ1v) is 2.53. The number of rotatable bonds is 4. The van der Waals surface area contributed by atoms with E-state index in [0.717, 1.165) is 0 Å². The van der Waals surface area contributed by atoms with Gasteiger partial charge in [0.25, 0.3) is 0 Å². The average Bonchev–Trinajstić information content (AvgIpc) is 1.95. The number of nitrogens with zero attached hydrogens (tertiary/aromatic N) is 1. The summed E-state index contributed by atoms with van der Waals surface area (Å²) in [6.45, 7) is -1.88. The van der Waals surface area contributed by atoms with Crippen molar-refractivity contribution in [3.05, 3.63) is 0 Å². The highest BCUT2D eigenvalue weighted by Crippen LogP contribution is 1.97. The molecule has 0 unspecified atom stereocenters. The molecule has 0 aromatic heterocycles. The Hall–Kier alpha value is 0.0900. The van der Waals surface area contributed by atoms with Gasteiger partial charge < -0.3 is 32.8 Å². The monoisotopic (exact) mass is 173 g/mol. The molecule has 0 atom stereocenters. The summed E-state index contributed by atoms with van der Waals surface area (Å²) < 4.78 is -0.500. The summed E-state index contributed by atoms with van der Waals surface area (Å²) >= 11 is 0. The molecular weight excluding hydrogens is 161 g/mol. The van der Waals surface area contributed by atoms with Gasteiger partial charge in [0.15, 0.2) is 26.9 Å². The van der Waals surface area contributed by atoms with Gasteiger partial charge in [-0.3, -0.25) is 0 Å². The molecule has 0 aromatic carbocycles. The van der Waals surface area contributed by atoms with E-state index in [1.165, 1.54) is 0 Å².